The molecule has 0 radical (unpaired) electrons. The number of benzene rings is 1. The molecule has 0 aliphatic heterocycles. The number of hydrogen-bond acceptors (Lipinski definition) is 2. The van der Waals surface area contributed by atoms with Crippen molar-refractivity contribution in [3.8, 4) is 0 Å². The van der Waals surface area contributed by atoms with Crippen LogP contribution >= 0.6 is 0 Å². The number of carbonyl (C=O) groups is 1. The highest BCUT2D eigenvalue weighted by Crippen LogP contribution is 2.15. The molecule has 1 aromatic carbocycles. The number of para-hydroxylation sites is 1. The van der Waals surface area contributed by atoms with Crippen LogP contribution in [0.5, 0.6) is 0 Å². The Labute approximate surface area is 130 Å². The van der Waals surface area contributed by atoms with Gasteiger partial charge in [-0.1, -0.05) is 37.6 Å². The average molecular weight is 298 g/mol. The molecule has 0 saturated heterocycles. The summed E-state index contributed by atoms with van der Waals surface area (Å²) in [6, 6.07) is 10.2. The number of carbonyl (C=O) groups excluding carboxylic acids is 1. The predicted molar refractivity (Wildman–Crippen MR) is 90.3 cm³/mol. The van der Waals surface area contributed by atoms with Crippen molar-refractivity contribution in [2.75, 3.05) is 13.7 Å². The summed E-state index contributed by atoms with van der Waals surface area (Å²) in [7, 11) is 1.50. The number of unbranched alkanes of at least 4 members (excludes halogenated alkanes) is 1. The molecule has 116 valence electrons. The molecule has 1 amide bonds. The molecule has 0 bridgehead atoms. The number of hydrogen-bond donors (Lipinski definition) is 2. The average Bonchev–Trinajstić information content (AvgIpc) is 2.94. The van der Waals surface area contributed by atoms with Gasteiger partial charge in [-0.2, -0.15) is 0 Å². The minimum absolute atomic E-state index is 0.183. The highest BCUT2D eigenvalue weighted by molar-refractivity contribution is 5.91. The van der Waals surface area contributed by atoms with Crippen molar-refractivity contribution in [3.05, 3.63) is 53.9 Å². The zero-order valence-corrected chi connectivity index (χ0v) is 13.1. The van der Waals surface area contributed by atoms with Gasteiger partial charge in [0.15, 0.2) is 5.76 Å². The summed E-state index contributed by atoms with van der Waals surface area (Å²) < 4.78 is 5.13. The van der Waals surface area contributed by atoms with Crippen LogP contribution in [-0.2, 0) is 9.53 Å². The maximum Gasteiger partial charge on any atom is 0.286 e. The molecule has 0 atom stereocenters. The summed E-state index contributed by atoms with van der Waals surface area (Å²) in [6.45, 7) is 2.75. The molecule has 0 spiro atoms. The second kappa shape index (κ2) is 8.08. The normalized spacial score (nSPS) is 12.0. The van der Waals surface area contributed by atoms with E-state index in [0.717, 1.165) is 29.4 Å². The first-order valence-electron chi connectivity index (χ1n) is 7.53. The Bertz CT molecular complexity index is 650. The van der Waals surface area contributed by atoms with E-state index in [0.29, 0.717) is 12.3 Å². The van der Waals surface area contributed by atoms with Crippen molar-refractivity contribution in [2.24, 2.45) is 0 Å². The molecule has 2 aromatic rings. The van der Waals surface area contributed by atoms with Gasteiger partial charge in [0.25, 0.3) is 5.91 Å². The van der Waals surface area contributed by atoms with Gasteiger partial charge in [0.2, 0.25) is 0 Å². The number of aromatic amines is 1. The van der Waals surface area contributed by atoms with E-state index in [1.165, 1.54) is 7.11 Å². The number of allylic oxidation sites excluding steroid dienone is 2. The van der Waals surface area contributed by atoms with Crippen molar-refractivity contribution >= 4 is 22.9 Å². The van der Waals surface area contributed by atoms with Gasteiger partial charge < -0.3 is 15.0 Å². The van der Waals surface area contributed by atoms with Crippen LogP contribution in [0.15, 0.2) is 48.2 Å². The fraction of sp³-hybridized carbons (Fsp3) is 0.278. The van der Waals surface area contributed by atoms with Crippen LogP contribution in [0.25, 0.3) is 17.0 Å². The molecular formula is C18H22N2O2. The monoisotopic (exact) mass is 298 g/mol. The Balaban J connectivity index is 2.02. The lowest BCUT2D eigenvalue weighted by Gasteiger charge is -2.06. The second-order valence-electron chi connectivity index (χ2n) is 5.02. The second-order valence-corrected chi connectivity index (χ2v) is 5.02. The van der Waals surface area contributed by atoms with Crippen LogP contribution in [-0.4, -0.2) is 24.5 Å². The van der Waals surface area contributed by atoms with Crippen LogP contribution in [0.4, 0.5) is 0 Å². The molecule has 1 aromatic heterocycles. The minimum Gasteiger partial charge on any atom is -0.491 e. The van der Waals surface area contributed by atoms with Gasteiger partial charge >= 0.3 is 0 Å². The first-order chi connectivity index (χ1) is 10.7. The lowest BCUT2D eigenvalue weighted by Crippen LogP contribution is -2.26. The summed E-state index contributed by atoms with van der Waals surface area (Å²) in [4.78, 5) is 15.2. The van der Waals surface area contributed by atoms with Gasteiger partial charge in [-0.3, -0.25) is 4.79 Å². The van der Waals surface area contributed by atoms with E-state index in [4.69, 9.17) is 4.74 Å². The standard InChI is InChI=1S/C18H22N2O2/c1-3-4-12-19-18(21)17(22-2)11-7-9-15-13-14-8-5-6-10-16(14)20-15/h5-11,13,20H,3-4,12H2,1-2H3,(H,19,21). The van der Waals surface area contributed by atoms with E-state index < -0.39 is 0 Å². The van der Waals surface area contributed by atoms with Gasteiger partial charge in [0, 0.05) is 17.8 Å². The Morgan fingerprint density at radius 2 is 2.18 bits per heavy atom. The molecule has 4 nitrogen and oxygen atoms in total. The number of methoxy groups -OCH3 is 1. The van der Waals surface area contributed by atoms with E-state index in [1.54, 1.807) is 6.08 Å². The van der Waals surface area contributed by atoms with Crippen LogP contribution in [0, 0.1) is 0 Å². The Morgan fingerprint density at radius 3 is 2.91 bits per heavy atom. The molecule has 4 heteroatoms. The topological polar surface area (TPSA) is 54.1 Å². The molecule has 0 aliphatic carbocycles. The highest BCUT2D eigenvalue weighted by atomic mass is 16.5. The fourth-order valence-corrected chi connectivity index (χ4v) is 2.13. The summed E-state index contributed by atoms with van der Waals surface area (Å²) in [6.07, 6.45) is 7.41. The summed E-state index contributed by atoms with van der Waals surface area (Å²) >= 11 is 0. The first-order valence-corrected chi connectivity index (χ1v) is 7.53. The fourth-order valence-electron chi connectivity index (χ4n) is 2.13. The number of ether oxygens (including phenoxy) is 1. The molecule has 22 heavy (non-hydrogen) atoms. The number of nitrogens with one attached hydrogen (secondary N) is 2. The SMILES string of the molecule is CCCCNC(=O)C(=CC=Cc1cc2ccccc2[nH]1)OC. The van der Waals surface area contributed by atoms with E-state index in [9.17, 15) is 4.79 Å². The van der Waals surface area contributed by atoms with Crippen LogP contribution in [0.1, 0.15) is 25.5 Å². The van der Waals surface area contributed by atoms with Crippen LogP contribution in [0.3, 0.4) is 0 Å². The summed E-state index contributed by atoms with van der Waals surface area (Å²) in [5, 5.41) is 3.99. The van der Waals surface area contributed by atoms with E-state index >= 15 is 0 Å². The quantitative estimate of drug-likeness (QED) is 0.355. The molecule has 0 unspecified atom stereocenters. The Hall–Kier alpha value is -2.49. The molecule has 1 heterocycles. The van der Waals surface area contributed by atoms with E-state index in [1.807, 2.05) is 30.4 Å². The first kappa shape index (κ1) is 15.9. The van der Waals surface area contributed by atoms with Crippen molar-refractivity contribution in [3.63, 3.8) is 0 Å². The third-order valence-corrected chi connectivity index (χ3v) is 3.33. The largest absolute Gasteiger partial charge is 0.491 e. The third kappa shape index (κ3) is 4.25. The lowest BCUT2D eigenvalue weighted by molar-refractivity contribution is -0.120. The molecule has 0 saturated carbocycles. The molecule has 0 fully saturated rings. The lowest BCUT2D eigenvalue weighted by atomic mass is 10.2. The minimum atomic E-state index is -0.183. The van der Waals surface area contributed by atoms with E-state index in [2.05, 4.69) is 29.4 Å². The van der Waals surface area contributed by atoms with Crippen LogP contribution < -0.4 is 5.32 Å². The number of rotatable bonds is 7. The number of aromatic nitrogens is 1. The van der Waals surface area contributed by atoms with Crippen molar-refractivity contribution in [1.82, 2.24) is 10.3 Å². The molecule has 2 rings (SSSR count). The van der Waals surface area contributed by atoms with Gasteiger partial charge in [-0.15, -0.1) is 0 Å². The van der Waals surface area contributed by atoms with Crippen LogP contribution in [0.2, 0.25) is 0 Å². The van der Waals surface area contributed by atoms with Gasteiger partial charge in [-0.05, 0) is 36.1 Å². The van der Waals surface area contributed by atoms with Crippen molar-refractivity contribution < 1.29 is 9.53 Å². The number of amides is 1. The molecule has 0 aliphatic rings. The maximum absolute atomic E-state index is 11.9. The highest BCUT2D eigenvalue weighted by Gasteiger charge is 2.07. The smallest absolute Gasteiger partial charge is 0.286 e. The molecule has 2 N–H and O–H groups in total. The van der Waals surface area contributed by atoms with Gasteiger partial charge in [-0.25, -0.2) is 0 Å². The maximum atomic E-state index is 11.9. The van der Waals surface area contributed by atoms with Gasteiger partial charge in [0.1, 0.15) is 0 Å². The zero-order chi connectivity index (χ0) is 15.8. The third-order valence-electron chi connectivity index (χ3n) is 3.33. The predicted octanol–water partition coefficient (Wildman–Crippen LogP) is 3.63. The molecular weight excluding hydrogens is 276 g/mol. The Morgan fingerprint density at radius 1 is 1.36 bits per heavy atom. The number of fused-ring (bicyclic) bond motifs is 1. The zero-order valence-electron chi connectivity index (χ0n) is 13.1. The van der Waals surface area contributed by atoms with Crippen molar-refractivity contribution in [1.29, 1.82) is 0 Å². The number of H-pyrrole nitrogens is 1. The van der Waals surface area contributed by atoms with E-state index in [-0.39, 0.29) is 5.91 Å². The van der Waals surface area contributed by atoms with Gasteiger partial charge in [0.05, 0.1) is 7.11 Å². The summed E-state index contributed by atoms with van der Waals surface area (Å²) in [5.41, 5.74) is 2.08. The summed E-state index contributed by atoms with van der Waals surface area (Å²) in [5.74, 6) is 0.126. The van der Waals surface area contributed by atoms with Crippen molar-refractivity contribution in [2.45, 2.75) is 19.8 Å². The Kier molecular flexibility index (Phi) is 5.83.